The zero-order valence-electron chi connectivity index (χ0n) is 17.5. The summed E-state index contributed by atoms with van der Waals surface area (Å²) in [6, 6.07) is 19.4. The van der Waals surface area contributed by atoms with Crippen LogP contribution in [0, 0.1) is 0 Å². The molecule has 0 fully saturated rings. The predicted octanol–water partition coefficient (Wildman–Crippen LogP) is 2.33. The summed E-state index contributed by atoms with van der Waals surface area (Å²) in [7, 11) is 1.44. The van der Waals surface area contributed by atoms with Crippen molar-refractivity contribution in [1.29, 1.82) is 0 Å². The molecule has 0 amide bonds. The summed E-state index contributed by atoms with van der Waals surface area (Å²) in [5.41, 5.74) is 1.56. The normalized spacial score (nSPS) is 11.4. The Morgan fingerprint density at radius 3 is 2.27 bits per heavy atom. The van der Waals surface area contributed by atoms with Crippen LogP contribution in [0.2, 0.25) is 0 Å². The SMILES string of the molecule is Cn1c(=O)[nH]c(=O)c2nc(C=Cc3cn(-c4ccccc4)nc3-c3ccccc3)c(=O)[nH]c21. The van der Waals surface area contributed by atoms with Crippen molar-refractivity contribution in [2.75, 3.05) is 0 Å². The Morgan fingerprint density at radius 2 is 1.55 bits per heavy atom. The molecule has 9 heteroatoms. The number of hydrogen-bond acceptors (Lipinski definition) is 5. The van der Waals surface area contributed by atoms with Crippen LogP contribution in [-0.2, 0) is 7.05 Å². The molecule has 0 spiro atoms. The second-order valence-corrected chi connectivity index (χ2v) is 7.38. The van der Waals surface area contributed by atoms with Gasteiger partial charge < -0.3 is 4.98 Å². The number of nitrogens with one attached hydrogen (secondary N) is 2. The molecule has 2 N–H and O–H groups in total. The fourth-order valence-electron chi connectivity index (χ4n) is 3.52. The van der Waals surface area contributed by atoms with E-state index in [1.54, 1.807) is 10.8 Å². The summed E-state index contributed by atoms with van der Waals surface area (Å²) in [5.74, 6) is 0. The van der Waals surface area contributed by atoms with Gasteiger partial charge in [0.25, 0.3) is 11.1 Å². The Bertz CT molecular complexity index is 1680. The highest BCUT2D eigenvalue weighted by molar-refractivity contribution is 5.79. The maximum Gasteiger partial charge on any atom is 0.329 e. The van der Waals surface area contributed by atoms with Gasteiger partial charge in [0.1, 0.15) is 11.3 Å². The summed E-state index contributed by atoms with van der Waals surface area (Å²) in [4.78, 5) is 45.5. The third kappa shape index (κ3) is 3.72. The van der Waals surface area contributed by atoms with Gasteiger partial charge in [-0.05, 0) is 24.3 Å². The molecule has 0 unspecified atom stereocenters. The van der Waals surface area contributed by atoms with E-state index in [2.05, 4.69) is 15.0 Å². The smallest absolute Gasteiger partial charge is 0.305 e. The van der Waals surface area contributed by atoms with Crippen LogP contribution in [0.1, 0.15) is 11.3 Å². The first-order chi connectivity index (χ1) is 16.0. The highest BCUT2D eigenvalue weighted by atomic mass is 16.2. The highest BCUT2D eigenvalue weighted by Gasteiger charge is 2.12. The standard InChI is InChI=1S/C24H18N6O3/c1-29-21-20(23(32)27-24(29)33)25-18(22(31)26-21)13-12-16-14-30(17-10-6-3-7-11-17)28-19(16)15-8-4-2-5-9-15/h2-14H,1H3,(H,26,31)(H,27,32,33). The van der Waals surface area contributed by atoms with E-state index in [9.17, 15) is 14.4 Å². The first kappa shape index (κ1) is 20.1. The van der Waals surface area contributed by atoms with Gasteiger partial charge in [-0.3, -0.25) is 19.1 Å². The lowest BCUT2D eigenvalue weighted by molar-refractivity contribution is 0.820. The fraction of sp³-hybridized carbons (Fsp3) is 0.0417. The van der Waals surface area contributed by atoms with Crippen LogP contribution in [-0.4, -0.2) is 29.3 Å². The Labute approximate surface area is 186 Å². The molecule has 2 aromatic carbocycles. The molecule has 0 atom stereocenters. The third-order valence-electron chi connectivity index (χ3n) is 5.23. The molecule has 0 radical (unpaired) electrons. The van der Waals surface area contributed by atoms with Gasteiger partial charge in [0.2, 0.25) is 0 Å². The summed E-state index contributed by atoms with van der Waals surface area (Å²) in [5, 5.41) is 4.74. The number of aromatic nitrogens is 6. The second-order valence-electron chi connectivity index (χ2n) is 7.38. The molecule has 162 valence electrons. The van der Waals surface area contributed by atoms with E-state index < -0.39 is 16.8 Å². The van der Waals surface area contributed by atoms with Crippen LogP contribution in [0.5, 0.6) is 0 Å². The molecule has 3 heterocycles. The lowest BCUT2D eigenvalue weighted by atomic mass is 10.1. The highest BCUT2D eigenvalue weighted by Crippen LogP contribution is 2.25. The van der Waals surface area contributed by atoms with Crippen molar-refractivity contribution in [3.8, 4) is 16.9 Å². The number of fused-ring (bicyclic) bond motifs is 1. The summed E-state index contributed by atoms with van der Waals surface area (Å²) in [6.45, 7) is 0. The molecule has 5 aromatic rings. The number of hydrogen-bond donors (Lipinski definition) is 2. The topological polar surface area (TPSA) is 118 Å². The van der Waals surface area contributed by atoms with Gasteiger partial charge in [0, 0.05) is 24.4 Å². The largest absolute Gasteiger partial charge is 0.329 e. The van der Waals surface area contributed by atoms with Crippen molar-refractivity contribution in [3.63, 3.8) is 0 Å². The molecule has 0 saturated heterocycles. The number of H-pyrrole nitrogens is 2. The van der Waals surface area contributed by atoms with Crippen LogP contribution in [0.25, 0.3) is 40.3 Å². The van der Waals surface area contributed by atoms with E-state index in [1.807, 2.05) is 66.9 Å². The van der Waals surface area contributed by atoms with E-state index in [1.165, 1.54) is 13.1 Å². The molecular weight excluding hydrogens is 420 g/mol. The van der Waals surface area contributed by atoms with E-state index >= 15 is 0 Å². The van der Waals surface area contributed by atoms with Crippen molar-refractivity contribution in [2.45, 2.75) is 0 Å². The minimum atomic E-state index is -0.666. The molecule has 3 aromatic heterocycles. The molecule has 33 heavy (non-hydrogen) atoms. The summed E-state index contributed by atoms with van der Waals surface area (Å²) < 4.78 is 2.90. The lowest BCUT2D eigenvalue weighted by Gasteiger charge is -2.03. The van der Waals surface area contributed by atoms with Crippen molar-refractivity contribution in [3.05, 3.63) is 109 Å². The minimum Gasteiger partial charge on any atom is -0.305 e. The van der Waals surface area contributed by atoms with Gasteiger partial charge in [-0.2, -0.15) is 5.10 Å². The van der Waals surface area contributed by atoms with Crippen molar-refractivity contribution < 1.29 is 0 Å². The van der Waals surface area contributed by atoms with Crippen LogP contribution in [0.15, 0.2) is 81.2 Å². The fourth-order valence-corrected chi connectivity index (χ4v) is 3.52. The predicted molar refractivity (Wildman–Crippen MR) is 126 cm³/mol. The van der Waals surface area contributed by atoms with Crippen LogP contribution >= 0.6 is 0 Å². The van der Waals surface area contributed by atoms with Gasteiger partial charge >= 0.3 is 5.69 Å². The number of benzene rings is 2. The maximum absolute atomic E-state index is 12.6. The monoisotopic (exact) mass is 438 g/mol. The van der Waals surface area contributed by atoms with Gasteiger partial charge in [0.15, 0.2) is 5.52 Å². The van der Waals surface area contributed by atoms with Gasteiger partial charge in [-0.15, -0.1) is 0 Å². The van der Waals surface area contributed by atoms with Crippen molar-refractivity contribution in [2.24, 2.45) is 7.05 Å². The van der Waals surface area contributed by atoms with E-state index in [0.717, 1.165) is 27.1 Å². The van der Waals surface area contributed by atoms with Gasteiger partial charge in [-0.1, -0.05) is 48.5 Å². The molecule has 5 rings (SSSR count). The molecule has 0 aliphatic carbocycles. The van der Waals surface area contributed by atoms with Gasteiger partial charge in [-0.25, -0.2) is 14.5 Å². The summed E-state index contributed by atoms with van der Waals surface area (Å²) >= 11 is 0. The molecule has 0 saturated carbocycles. The van der Waals surface area contributed by atoms with Gasteiger partial charge in [0.05, 0.1) is 11.4 Å². The molecule has 0 aliphatic heterocycles. The van der Waals surface area contributed by atoms with Crippen molar-refractivity contribution in [1.82, 2.24) is 29.3 Å². The van der Waals surface area contributed by atoms with E-state index in [0.29, 0.717) is 0 Å². The van der Waals surface area contributed by atoms with Crippen LogP contribution in [0.4, 0.5) is 0 Å². The van der Waals surface area contributed by atoms with E-state index in [4.69, 9.17) is 5.10 Å². The number of para-hydroxylation sites is 1. The Hall–Kier alpha value is -4.79. The molecule has 0 aliphatic rings. The Balaban J connectivity index is 1.64. The first-order valence-electron chi connectivity index (χ1n) is 10.1. The minimum absolute atomic E-state index is 0.0281. The quantitative estimate of drug-likeness (QED) is 0.446. The van der Waals surface area contributed by atoms with Crippen LogP contribution in [0.3, 0.4) is 0 Å². The zero-order valence-corrected chi connectivity index (χ0v) is 17.5. The number of nitrogens with zero attached hydrogens (tertiary/aromatic N) is 4. The second kappa shape index (κ2) is 8.04. The third-order valence-corrected chi connectivity index (χ3v) is 5.23. The van der Waals surface area contributed by atoms with Crippen LogP contribution < -0.4 is 16.8 Å². The maximum atomic E-state index is 12.6. The average molecular weight is 438 g/mol. The van der Waals surface area contributed by atoms with E-state index in [-0.39, 0.29) is 16.9 Å². The zero-order chi connectivity index (χ0) is 22.9. The number of aromatic amines is 2. The first-order valence-corrected chi connectivity index (χ1v) is 10.1. The summed E-state index contributed by atoms with van der Waals surface area (Å²) in [6.07, 6.45) is 5.12. The number of aryl methyl sites for hydroxylation is 1. The number of rotatable bonds is 4. The molecular formula is C24H18N6O3. The Morgan fingerprint density at radius 1 is 0.848 bits per heavy atom. The Kier molecular flexibility index (Phi) is 4.91. The lowest BCUT2D eigenvalue weighted by Crippen LogP contribution is -2.31. The molecule has 9 nitrogen and oxygen atoms in total. The average Bonchev–Trinajstić information content (AvgIpc) is 3.27. The van der Waals surface area contributed by atoms with Crippen molar-refractivity contribution >= 4 is 23.3 Å². The molecule has 0 bridgehead atoms.